The van der Waals surface area contributed by atoms with E-state index in [0.717, 1.165) is 12.8 Å². The highest BCUT2D eigenvalue weighted by atomic mass is 79.9. The molecule has 1 atom stereocenters. The molecule has 0 saturated heterocycles. The van der Waals surface area contributed by atoms with Gasteiger partial charge in [-0.15, -0.1) is 0 Å². The summed E-state index contributed by atoms with van der Waals surface area (Å²) in [6.07, 6.45) is 2.01. The van der Waals surface area contributed by atoms with Crippen molar-refractivity contribution in [2.24, 2.45) is 5.92 Å². The van der Waals surface area contributed by atoms with Crippen LogP contribution in [0.3, 0.4) is 0 Å². The van der Waals surface area contributed by atoms with Crippen LogP contribution in [-0.4, -0.2) is 30.9 Å². The Hall–Kier alpha value is -0.500. The zero-order chi connectivity index (χ0) is 15.1. The molecule has 0 spiro atoms. The van der Waals surface area contributed by atoms with Crippen molar-refractivity contribution in [3.8, 4) is 0 Å². The number of rotatable bonds is 5. The van der Waals surface area contributed by atoms with Gasteiger partial charge in [-0.25, -0.2) is 12.8 Å². The van der Waals surface area contributed by atoms with Crippen LogP contribution in [0.1, 0.15) is 25.3 Å². The standard InChI is InChI=1S/C13H17BrFNO3S/c1-8(9-3-4-9)16(2)20(18,19)12-6-11(14)5-10(7-17)13(12)15/h5-6,8-9,17H,3-4,7H2,1-2H3. The van der Waals surface area contributed by atoms with Crippen molar-refractivity contribution in [3.63, 3.8) is 0 Å². The van der Waals surface area contributed by atoms with Gasteiger partial charge in [-0.05, 0) is 37.8 Å². The molecule has 0 radical (unpaired) electrons. The van der Waals surface area contributed by atoms with Crippen LogP contribution in [0.15, 0.2) is 21.5 Å². The van der Waals surface area contributed by atoms with E-state index in [1.54, 1.807) is 0 Å². The summed E-state index contributed by atoms with van der Waals surface area (Å²) in [5, 5.41) is 9.11. The predicted octanol–water partition coefficient (Wildman–Crippen LogP) is 2.50. The van der Waals surface area contributed by atoms with E-state index in [0.29, 0.717) is 10.4 Å². The number of benzene rings is 1. The van der Waals surface area contributed by atoms with Gasteiger partial charge < -0.3 is 5.11 Å². The quantitative estimate of drug-likeness (QED) is 0.871. The summed E-state index contributed by atoms with van der Waals surface area (Å²) in [6.45, 7) is 1.29. The van der Waals surface area contributed by atoms with Crippen LogP contribution in [0, 0.1) is 11.7 Å². The molecule has 0 bridgehead atoms. The molecule has 1 aromatic rings. The lowest BCUT2D eigenvalue weighted by molar-refractivity contribution is 0.274. The van der Waals surface area contributed by atoms with Gasteiger partial charge in [-0.1, -0.05) is 15.9 Å². The third-order valence-corrected chi connectivity index (χ3v) is 6.19. The molecule has 0 aliphatic heterocycles. The maximum atomic E-state index is 14.2. The normalized spacial score (nSPS) is 17.5. The third-order valence-electron chi connectivity index (χ3n) is 3.78. The summed E-state index contributed by atoms with van der Waals surface area (Å²) in [4.78, 5) is -0.397. The Kier molecular flexibility index (Phi) is 4.53. The molecule has 0 aromatic heterocycles. The van der Waals surface area contributed by atoms with Crippen LogP contribution in [0.25, 0.3) is 0 Å². The first-order chi connectivity index (χ1) is 9.28. The molecule has 1 aliphatic carbocycles. The number of nitrogens with zero attached hydrogens (tertiary/aromatic N) is 1. The summed E-state index contributed by atoms with van der Waals surface area (Å²) >= 11 is 3.15. The Balaban J connectivity index is 2.45. The molecule has 1 aliphatic rings. The number of halogens is 2. The molecule has 112 valence electrons. The minimum Gasteiger partial charge on any atom is -0.392 e. The molecule has 2 rings (SSSR count). The van der Waals surface area contributed by atoms with Gasteiger partial charge in [0.25, 0.3) is 0 Å². The van der Waals surface area contributed by atoms with Gasteiger partial charge in [0.2, 0.25) is 10.0 Å². The molecule has 0 amide bonds. The molecular formula is C13H17BrFNO3S. The first-order valence-corrected chi connectivity index (χ1v) is 8.59. The fourth-order valence-electron chi connectivity index (χ4n) is 2.17. The molecule has 4 nitrogen and oxygen atoms in total. The third kappa shape index (κ3) is 2.90. The van der Waals surface area contributed by atoms with E-state index in [4.69, 9.17) is 5.11 Å². The number of hydrogen-bond acceptors (Lipinski definition) is 3. The summed E-state index contributed by atoms with van der Waals surface area (Å²) in [5.41, 5.74) is -0.0366. The summed E-state index contributed by atoms with van der Waals surface area (Å²) in [7, 11) is -2.44. The second-order valence-corrected chi connectivity index (χ2v) is 8.02. The monoisotopic (exact) mass is 365 g/mol. The van der Waals surface area contributed by atoms with Gasteiger partial charge in [0.05, 0.1) is 6.61 Å². The molecule has 1 fully saturated rings. The van der Waals surface area contributed by atoms with Crippen molar-refractivity contribution in [1.82, 2.24) is 4.31 Å². The van der Waals surface area contributed by atoms with Crippen molar-refractivity contribution in [2.45, 2.75) is 37.3 Å². The Labute approximate surface area is 126 Å². The zero-order valence-electron chi connectivity index (χ0n) is 11.3. The lowest BCUT2D eigenvalue weighted by atomic mass is 10.2. The van der Waals surface area contributed by atoms with E-state index in [2.05, 4.69) is 15.9 Å². The van der Waals surface area contributed by atoms with Crippen LogP contribution < -0.4 is 0 Å². The molecular weight excluding hydrogens is 349 g/mol. The maximum absolute atomic E-state index is 14.2. The first kappa shape index (κ1) is 15.9. The highest BCUT2D eigenvalue weighted by Crippen LogP contribution is 2.37. The predicted molar refractivity (Wildman–Crippen MR) is 77.2 cm³/mol. The average molecular weight is 366 g/mol. The van der Waals surface area contributed by atoms with E-state index < -0.39 is 27.3 Å². The fourth-order valence-corrected chi connectivity index (χ4v) is 4.38. The van der Waals surface area contributed by atoms with E-state index in [1.807, 2.05) is 6.92 Å². The largest absolute Gasteiger partial charge is 0.392 e. The van der Waals surface area contributed by atoms with Gasteiger partial charge in [0.1, 0.15) is 10.7 Å². The van der Waals surface area contributed by atoms with Crippen molar-refractivity contribution < 1.29 is 17.9 Å². The Morgan fingerprint density at radius 3 is 2.60 bits per heavy atom. The van der Waals surface area contributed by atoms with Gasteiger partial charge in [0.15, 0.2) is 0 Å². The molecule has 1 saturated carbocycles. The molecule has 1 aromatic carbocycles. The van der Waals surface area contributed by atoms with E-state index in [1.165, 1.54) is 23.5 Å². The Morgan fingerprint density at radius 1 is 1.50 bits per heavy atom. The van der Waals surface area contributed by atoms with Gasteiger partial charge in [-0.2, -0.15) is 4.31 Å². The van der Waals surface area contributed by atoms with Crippen molar-refractivity contribution in [1.29, 1.82) is 0 Å². The lowest BCUT2D eigenvalue weighted by Gasteiger charge is -2.24. The molecule has 7 heteroatoms. The van der Waals surface area contributed by atoms with Crippen LogP contribution in [0.4, 0.5) is 4.39 Å². The second kappa shape index (κ2) is 5.71. The number of aliphatic hydroxyl groups is 1. The maximum Gasteiger partial charge on any atom is 0.246 e. The SMILES string of the molecule is CC(C1CC1)N(C)S(=O)(=O)c1cc(Br)cc(CO)c1F. The van der Waals surface area contributed by atoms with Crippen LogP contribution in [0.5, 0.6) is 0 Å². The van der Waals surface area contributed by atoms with Crippen LogP contribution in [0.2, 0.25) is 0 Å². The van der Waals surface area contributed by atoms with Gasteiger partial charge in [-0.3, -0.25) is 0 Å². The fraction of sp³-hybridized carbons (Fsp3) is 0.538. The summed E-state index contributed by atoms with van der Waals surface area (Å²) in [6, 6.07) is 2.45. The highest BCUT2D eigenvalue weighted by Gasteiger charge is 2.37. The lowest BCUT2D eigenvalue weighted by Crippen LogP contribution is -2.37. The number of sulfonamides is 1. The minimum absolute atomic E-state index is 0.0366. The first-order valence-electron chi connectivity index (χ1n) is 6.36. The van der Waals surface area contributed by atoms with E-state index in [9.17, 15) is 12.8 Å². The average Bonchev–Trinajstić information content (AvgIpc) is 3.23. The number of hydrogen-bond donors (Lipinski definition) is 1. The highest BCUT2D eigenvalue weighted by molar-refractivity contribution is 9.10. The van der Waals surface area contributed by atoms with Crippen LogP contribution in [-0.2, 0) is 16.6 Å². The zero-order valence-corrected chi connectivity index (χ0v) is 13.7. The van der Waals surface area contributed by atoms with Gasteiger partial charge >= 0.3 is 0 Å². The van der Waals surface area contributed by atoms with Crippen molar-refractivity contribution in [3.05, 3.63) is 28.0 Å². The summed E-state index contributed by atoms with van der Waals surface area (Å²) < 4.78 is 40.9. The summed E-state index contributed by atoms with van der Waals surface area (Å²) in [5.74, 6) is -0.534. The van der Waals surface area contributed by atoms with E-state index >= 15 is 0 Å². The molecule has 1 unspecified atom stereocenters. The Morgan fingerprint density at radius 2 is 2.10 bits per heavy atom. The second-order valence-electron chi connectivity index (χ2n) is 5.13. The van der Waals surface area contributed by atoms with E-state index in [-0.39, 0.29) is 11.6 Å². The van der Waals surface area contributed by atoms with Gasteiger partial charge in [0, 0.05) is 23.1 Å². The Bertz CT molecular complexity index is 616. The molecule has 0 heterocycles. The minimum atomic E-state index is -3.91. The van der Waals surface area contributed by atoms with Crippen LogP contribution >= 0.6 is 15.9 Å². The van der Waals surface area contributed by atoms with Crippen molar-refractivity contribution >= 4 is 26.0 Å². The molecule has 20 heavy (non-hydrogen) atoms. The smallest absolute Gasteiger partial charge is 0.246 e. The number of aliphatic hydroxyl groups excluding tert-OH is 1. The molecule has 1 N–H and O–H groups in total. The topological polar surface area (TPSA) is 57.6 Å². The van der Waals surface area contributed by atoms with Crippen molar-refractivity contribution in [2.75, 3.05) is 7.05 Å².